The number of nitrogens with zero attached hydrogens (tertiary/aromatic N) is 1. The number of rotatable bonds is 5. The van der Waals surface area contributed by atoms with Gasteiger partial charge in [-0.2, -0.15) is 13.2 Å². The number of thiophene rings is 1. The molecule has 4 rings (SSSR count). The number of benzene rings is 1. The Kier molecular flexibility index (Phi) is 6.36. The molecule has 0 amide bonds. The fraction of sp³-hybridized carbons (Fsp3) is 0.263. The minimum absolute atomic E-state index is 0.0152. The fourth-order valence-corrected chi connectivity index (χ4v) is 5.67. The molecule has 0 spiro atoms. The molecular weight excluding hydrogens is 473 g/mol. The predicted octanol–water partition coefficient (Wildman–Crippen LogP) is 4.65. The van der Waals surface area contributed by atoms with E-state index in [1.54, 1.807) is 0 Å². The summed E-state index contributed by atoms with van der Waals surface area (Å²) in [4.78, 5) is 8.83. The van der Waals surface area contributed by atoms with E-state index in [-0.39, 0.29) is 26.2 Å². The van der Waals surface area contributed by atoms with Crippen LogP contribution in [0.5, 0.6) is 0 Å². The molecule has 13 heteroatoms. The van der Waals surface area contributed by atoms with E-state index in [1.165, 1.54) is 12.1 Å². The molecule has 0 unspecified atom stereocenters. The number of aromatic nitrogens is 1. The van der Waals surface area contributed by atoms with Gasteiger partial charge in [-0.3, -0.25) is 0 Å². The van der Waals surface area contributed by atoms with Crippen molar-refractivity contribution >= 4 is 27.5 Å². The van der Waals surface area contributed by atoms with Crippen LogP contribution in [0.15, 0.2) is 57.3 Å². The summed E-state index contributed by atoms with van der Waals surface area (Å²) in [5, 5.41) is 17.3. The third kappa shape index (κ3) is 5.29. The zero-order chi connectivity index (χ0) is 23.7. The topological polar surface area (TPSA) is 130 Å². The van der Waals surface area contributed by atoms with E-state index in [0.717, 1.165) is 23.0 Å². The van der Waals surface area contributed by atoms with Crippen molar-refractivity contribution in [1.29, 1.82) is 0 Å². The van der Waals surface area contributed by atoms with Crippen molar-refractivity contribution < 1.29 is 41.1 Å². The molecule has 0 saturated heterocycles. The third-order valence-electron chi connectivity index (χ3n) is 4.86. The largest absolute Gasteiger partial charge is 0.503 e. The molecule has 3 N–H and O–H groups in total. The van der Waals surface area contributed by atoms with E-state index >= 15 is 0 Å². The summed E-state index contributed by atoms with van der Waals surface area (Å²) in [6.45, 7) is 1.99. The zero-order valence-electron chi connectivity index (χ0n) is 16.3. The summed E-state index contributed by atoms with van der Waals surface area (Å²) in [6, 6.07) is 12.9. The van der Waals surface area contributed by atoms with E-state index in [0.29, 0.717) is 6.42 Å². The molecule has 1 fully saturated rings. The first-order valence-corrected chi connectivity index (χ1v) is 11.3. The second kappa shape index (κ2) is 8.56. The van der Waals surface area contributed by atoms with Gasteiger partial charge in [0.1, 0.15) is 9.90 Å². The van der Waals surface area contributed by atoms with Crippen molar-refractivity contribution in [1.82, 2.24) is 9.88 Å². The normalized spacial score (nSPS) is 20.3. The van der Waals surface area contributed by atoms with Crippen LogP contribution in [-0.4, -0.2) is 36.0 Å². The highest BCUT2D eigenvalue weighted by atomic mass is 32.2. The van der Waals surface area contributed by atoms with Gasteiger partial charge in [0.25, 0.3) is 0 Å². The van der Waals surface area contributed by atoms with Gasteiger partial charge in [-0.15, -0.1) is 11.3 Å². The van der Waals surface area contributed by atoms with Crippen LogP contribution in [-0.2, 0) is 21.6 Å². The maximum atomic E-state index is 12.7. The molecule has 1 aromatic carbocycles. The smallest absolute Gasteiger partial charge is 0.450 e. The lowest BCUT2D eigenvalue weighted by Gasteiger charge is -2.12. The van der Waals surface area contributed by atoms with Crippen LogP contribution in [0.2, 0.25) is 0 Å². The molecule has 0 radical (unpaired) electrons. The molecule has 0 bridgehead atoms. The Morgan fingerprint density at radius 2 is 1.84 bits per heavy atom. The molecule has 2 heterocycles. The van der Waals surface area contributed by atoms with Crippen LogP contribution in [0, 0.1) is 0 Å². The number of carboxylic acid groups (broad SMARTS) is 2. The molecule has 3 aromatic rings. The number of carbonyl (C=O) groups is 1. The highest BCUT2D eigenvalue weighted by Gasteiger charge is 2.53. The lowest BCUT2D eigenvalue weighted by molar-refractivity contribution is -0.155. The Balaban J connectivity index is 0.000000668. The van der Waals surface area contributed by atoms with Crippen LogP contribution in [0.3, 0.4) is 0 Å². The Bertz CT molecular complexity index is 1200. The second-order valence-corrected chi connectivity index (χ2v) is 10.2. The first-order chi connectivity index (χ1) is 14.8. The minimum atomic E-state index is -4.65. The van der Waals surface area contributed by atoms with Gasteiger partial charge in [0.2, 0.25) is 15.8 Å². The monoisotopic (exact) mass is 490 g/mol. The summed E-state index contributed by atoms with van der Waals surface area (Å²) in [5.74, 6) is -1.23. The SMILES string of the molecule is C[C@]1(c2ccccc2)C[C@@H]1NS(=O)(=O)c1ccc(-c2cc(C(F)(F)F)on2)s1.O=C(O)O. The fourth-order valence-electron chi connectivity index (χ4n) is 3.05. The molecule has 32 heavy (non-hydrogen) atoms. The van der Waals surface area contributed by atoms with Crippen LogP contribution in [0.4, 0.5) is 18.0 Å². The number of hydrogen-bond acceptors (Lipinski definition) is 6. The Labute approximate surface area is 184 Å². The van der Waals surface area contributed by atoms with Gasteiger partial charge >= 0.3 is 12.3 Å². The van der Waals surface area contributed by atoms with Gasteiger partial charge in [-0.05, 0) is 24.1 Å². The van der Waals surface area contributed by atoms with Crippen LogP contribution in [0.1, 0.15) is 24.7 Å². The summed E-state index contributed by atoms with van der Waals surface area (Å²) in [7, 11) is -3.80. The Hall–Kier alpha value is -2.90. The number of sulfonamides is 1. The summed E-state index contributed by atoms with van der Waals surface area (Å²) in [6.07, 6.45) is -5.81. The molecule has 2 atom stereocenters. The summed E-state index contributed by atoms with van der Waals surface area (Å²) >= 11 is 0.842. The van der Waals surface area contributed by atoms with E-state index < -0.39 is 28.1 Å². The molecule has 172 valence electrons. The molecule has 1 aliphatic carbocycles. The lowest BCUT2D eigenvalue weighted by Crippen LogP contribution is -2.29. The maximum absolute atomic E-state index is 12.7. The van der Waals surface area contributed by atoms with Crippen molar-refractivity contribution in [2.45, 2.75) is 35.2 Å². The number of halogens is 3. The van der Waals surface area contributed by atoms with Crippen molar-refractivity contribution in [3.8, 4) is 10.6 Å². The van der Waals surface area contributed by atoms with E-state index in [4.69, 9.17) is 15.0 Å². The lowest BCUT2D eigenvalue weighted by atomic mass is 9.98. The van der Waals surface area contributed by atoms with E-state index in [9.17, 15) is 21.6 Å². The van der Waals surface area contributed by atoms with E-state index in [1.807, 2.05) is 37.3 Å². The zero-order valence-corrected chi connectivity index (χ0v) is 18.0. The number of hydrogen-bond donors (Lipinski definition) is 3. The van der Waals surface area contributed by atoms with Gasteiger partial charge in [0.15, 0.2) is 0 Å². The predicted molar refractivity (Wildman–Crippen MR) is 108 cm³/mol. The Morgan fingerprint density at radius 1 is 1.22 bits per heavy atom. The summed E-state index contributed by atoms with van der Waals surface area (Å²) < 4.78 is 70.3. The minimum Gasteiger partial charge on any atom is -0.450 e. The van der Waals surface area contributed by atoms with Crippen molar-refractivity contribution in [3.63, 3.8) is 0 Å². The van der Waals surface area contributed by atoms with Crippen LogP contribution >= 0.6 is 11.3 Å². The maximum Gasteiger partial charge on any atom is 0.503 e. The number of alkyl halides is 3. The third-order valence-corrected chi connectivity index (χ3v) is 7.93. The second-order valence-electron chi connectivity index (χ2n) is 7.14. The average Bonchev–Trinajstić information content (AvgIpc) is 3.14. The van der Waals surface area contributed by atoms with Crippen LogP contribution in [0.25, 0.3) is 10.6 Å². The van der Waals surface area contributed by atoms with Gasteiger partial charge in [0.05, 0.1) is 4.88 Å². The molecule has 2 aromatic heterocycles. The van der Waals surface area contributed by atoms with Crippen molar-refractivity contribution in [2.24, 2.45) is 0 Å². The molecular formula is C19H17F3N2O6S2. The molecule has 1 saturated carbocycles. The standard InChI is InChI=1S/C18H15F3N2O3S2.CH2O3/c1-17(11-5-3-2-4-6-11)10-14(17)23-28(24,25)16-8-7-13(27-16)12-9-15(26-22-12)18(19,20)21;2-1(3)4/h2-9,14,23H,10H2,1H3;(H2,2,3,4)/t14-,17+;/m0./s1. The number of nitrogens with one attached hydrogen (secondary N) is 1. The first-order valence-electron chi connectivity index (χ1n) is 8.97. The van der Waals surface area contributed by atoms with Crippen molar-refractivity contribution in [3.05, 3.63) is 59.9 Å². The molecule has 1 aliphatic rings. The van der Waals surface area contributed by atoms with Gasteiger partial charge in [0, 0.05) is 17.5 Å². The van der Waals surface area contributed by atoms with Gasteiger partial charge in [-0.25, -0.2) is 17.9 Å². The van der Waals surface area contributed by atoms with Crippen molar-refractivity contribution in [2.75, 3.05) is 0 Å². The average molecular weight is 490 g/mol. The highest BCUT2D eigenvalue weighted by molar-refractivity contribution is 7.91. The van der Waals surface area contributed by atoms with E-state index in [2.05, 4.69) is 14.4 Å². The molecule has 0 aliphatic heterocycles. The van der Waals surface area contributed by atoms with Gasteiger partial charge < -0.3 is 14.7 Å². The quantitative estimate of drug-likeness (QED) is 0.475. The first kappa shape index (κ1) is 23.8. The Morgan fingerprint density at radius 3 is 2.41 bits per heavy atom. The summed E-state index contributed by atoms with van der Waals surface area (Å²) in [5.41, 5.74) is 0.721. The highest BCUT2D eigenvalue weighted by Crippen LogP contribution is 2.48. The van der Waals surface area contributed by atoms with Gasteiger partial charge in [-0.1, -0.05) is 42.4 Å². The van der Waals surface area contributed by atoms with Crippen LogP contribution < -0.4 is 4.72 Å². The molecule has 8 nitrogen and oxygen atoms in total.